The Labute approximate surface area is 136 Å². The zero-order valence-corrected chi connectivity index (χ0v) is 14.0. The van der Waals surface area contributed by atoms with Crippen molar-refractivity contribution in [2.75, 3.05) is 19.6 Å². The Morgan fingerprint density at radius 3 is 2.91 bits per heavy atom. The van der Waals surface area contributed by atoms with Gasteiger partial charge in [-0.25, -0.2) is 9.48 Å². The second-order valence-corrected chi connectivity index (χ2v) is 6.53. The number of rotatable bonds is 7. The highest BCUT2D eigenvalue weighted by Gasteiger charge is 2.27. The molecule has 2 aliphatic rings. The van der Waals surface area contributed by atoms with Crippen LogP contribution < -0.4 is 11.0 Å². The van der Waals surface area contributed by atoms with Gasteiger partial charge in [-0.05, 0) is 32.2 Å². The molecule has 1 aromatic heterocycles. The van der Waals surface area contributed by atoms with Gasteiger partial charge in [-0.3, -0.25) is 14.3 Å². The molecule has 1 fully saturated rings. The summed E-state index contributed by atoms with van der Waals surface area (Å²) in [6.45, 7) is 5.43. The van der Waals surface area contributed by atoms with Crippen LogP contribution in [0, 0.1) is 0 Å². The van der Waals surface area contributed by atoms with Crippen molar-refractivity contribution in [3.8, 4) is 0 Å². The number of fused-ring (bicyclic) bond motifs is 1. The van der Waals surface area contributed by atoms with E-state index in [-0.39, 0.29) is 18.1 Å². The fourth-order valence-electron chi connectivity index (χ4n) is 3.30. The average molecular weight is 321 g/mol. The Morgan fingerprint density at radius 1 is 1.35 bits per heavy atom. The molecule has 7 heteroatoms. The Hall–Kier alpha value is -1.63. The average Bonchev–Trinajstić information content (AvgIpc) is 3.35. The van der Waals surface area contributed by atoms with Crippen molar-refractivity contribution in [1.82, 2.24) is 24.6 Å². The van der Waals surface area contributed by atoms with Gasteiger partial charge in [-0.2, -0.15) is 5.10 Å². The summed E-state index contributed by atoms with van der Waals surface area (Å²) in [4.78, 5) is 26.8. The summed E-state index contributed by atoms with van der Waals surface area (Å²) in [5.74, 6) is 0.693. The van der Waals surface area contributed by atoms with Gasteiger partial charge in [0.1, 0.15) is 12.4 Å². The van der Waals surface area contributed by atoms with Crippen molar-refractivity contribution in [3.05, 3.63) is 16.3 Å². The fourth-order valence-corrected chi connectivity index (χ4v) is 3.30. The van der Waals surface area contributed by atoms with Gasteiger partial charge >= 0.3 is 5.69 Å². The smallest absolute Gasteiger partial charge is 0.346 e. The predicted molar refractivity (Wildman–Crippen MR) is 87.3 cm³/mol. The zero-order chi connectivity index (χ0) is 16.2. The number of nitrogens with one attached hydrogen (secondary N) is 1. The summed E-state index contributed by atoms with van der Waals surface area (Å²) in [7, 11) is 0. The number of likely N-dealkylation sites (N-methyl/N-ethyl adjacent to an activating group) is 1. The molecule has 2 heterocycles. The Bertz CT molecular complexity index is 602. The van der Waals surface area contributed by atoms with Crippen LogP contribution in [0.1, 0.15) is 44.9 Å². The van der Waals surface area contributed by atoms with E-state index in [0.29, 0.717) is 12.6 Å². The Kier molecular flexibility index (Phi) is 5.15. The molecular formula is C16H27N5O2. The van der Waals surface area contributed by atoms with Gasteiger partial charge in [-0.1, -0.05) is 13.3 Å². The van der Waals surface area contributed by atoms with Crippen LogP contribution in [-0.4, -0.2) is 50.8 Å². The summed E-state index contributed by atoms with van der Waals surface area (Å²) >= 11 is 0. The first kappa shape index (κ1) is 16.2. The van der Waals surface area contributed by atoms with Crippen LogP contribution in [0.5, 0.6) is 0 Å². The lowest BCUT2D eigenvalue weighted by atomic mass is 10.2. The summed E-state index contributed by atoms with van der Waals surface area (Å²) < 4.78 is 3.04. The van der Waals surface area contributed by atoms with E-state index in [9.17, 15) is 9.59 Å². The number of aryl methyl sites for hydroxylation is 1. The van der Waals surface area contributed by atoms with E-state index in [1.54, 1.807) is 4.57 Å². The minimum Gasteiger partial charge on any atom is -0.353 e. The Balaban J connectivity index is 1.50. The van der Waals surface area contributed by atoms with Crippen LogP contribution >= 0.6 is 0 Å². The molecule has 1 aliphatic carbocycles. The van der Waals surface area contributed by atoms with Crippen molar-refractivity contribution in [2.45, 2.75) is 64.6 Å². The summed E-state index contributed by atoms with van der Waals surface area (Å²) in [5, 5.41) is 7.25. The van der Waals surface area contributed by atoms with Gasteiger partial charge in [0.25, 0.3) is 0 Å². The van der Waals surface area contributed by atoms with Crippen LogP contribution in [0.15, 0.2) is 4.79 Å². The maximum Gasteiger partial charge on any atom is 0.346 e. The molecule has 0 radical (unpaired) electrons. The minimum absolute atomic E-state index is 0.0222. The van der Waals surface area contributed by atoms with Gasteiger partial charge in [-0.15, -0.1) is 0 Å². The van der Waals surface area contributed by atoms with Crippen molar-refractivity contribution in [1.29, 1.82) is 0 Å². The lowest BCUT2D eigenvalue weighted by Gasteiger charge is -2.19. The molecule has 1 N–H and O–H groups in total. The van der Waals surface area contributed by atoms with Crippen LogP contribution in [0.2, 0.25) is 0 Å². The van der Waals surface area contributed by atoms with E-state index in [4.69, 9.17) is 0 Å². The molecule has 0 saturated heterocycles. The van der Waals surface area contributed by atoms with Gasteiger partial charge in [0.05, 0.1) is 0 Å². The molecule has 0 atom stereocenters. The molecule has 0 unspecified atom stereocenters. The fraction of sp³-hybridized carbons (Fsp3) is 0.812. The molecule has 1 amide bonds. The number of carbonyl (C=O) groups excluding carboxylic acids is 1. The van der Waals surface area contributed by atoms with Crippen molar-refractivity contribution < 1.29 is 4.79 Å². The third-order valence-corrected chi connectivity index (χ3v) is 4.77. The first-order valence-corrected chi connectivity index (χ1v) is 8.86. The van der Waals surface area contributed by atoms with E-state index in [2.05, 4.69) is 22.2 Å². The molecule has 3 rings (SSSR count). The minimum atomic E-state index is -0.148. The highest BCUT2D eigenvalue weighted by Crippen LogP contribution is 2.25. The molecule has 0 bridgehead atoms. The molecule has 23 heavy (non-hydrogen) atoms. The first-order valence-electron chi connectivity index (χ1n) is 8.86. The van der Waals surface area contributed by atoms with Crippen LogP contribution in [-0.2, 0) is 24.3 Å². The standard InChI is InChI=1S/C16H27N5O2/c1-2-19(13-7-8-13)11-9-17-15(22)12-21-16(23)20-10-5-3-4-6-14(20)18-21/h13H,2-12H2,1H3,(H,17,22). The second-order valence-electron chi connectivity index (χ2n) is 6.53. The molecule has 1 aliphatic heterocycles. The van der Waals surface area contributed by atoms with E-state index in [0.717, 1.165) is 51.1 Å². The van der Waals surface area contributed by atoms with Crippen LogP contribution in [0.25, 0.3) is 0 Å². The van der Waals surface area contributed by atoms with Crippen molar-refractivity contribution in [3.63, 3.8) is 0 Å². The van der Waals surface area contributed by atoms with Gasteiger partial charge in [0, 0.05) is 32.1 Å². The number of hydrogen-bond acceptors (Lipinski definition) is 4. The van der Waals surface area contributed by atoms with Crippen molar-refractivity contribution >= 4 is 5.91 Å². The normalized spacial score (nSPS) is 17.8. The molecule has 1 saturated carbocycles. The zero-order valence-electron chi connectivity index (χ0n) is 14.0. The summed E-state index contributed by atoms with van der Waals surface area (Å²) in [5.41, 5.74) is -0.148. The van der Waals surface area contributed by atoms with Gasteiger partial charge in [0.2, 0.25) is 5.91 Å². The maximum absolute atomic E-state index is 12.3. The molecule has 0 spiro atoms. The monoisotopic (exact) mass is 321 g/mol. The van der Waals surface area contributed by atoms with E-state index >= 15 is 0 Å². The van der Waals surface area contributed by atoms with Crippen LogP contribution in [0.3, 0.4) is 0 Å². The number of amides is 1. The maximum atomic E-state index is 12.3. The predicted octanol–water partition coefficient (Wildman–Crippen LogP) is 0.372. The highest BCUT2D eigenvalue weighted by molar-refractivity contribution is 5.75. The quantitative estimate of drug-likeness (QED) is 0.788. The molecule has 7 nitrogen and oxygen atoms in total. The Morgan fingerprint density at radius 2 is 2.17 bits per heavy atom. The number of nitrogens with zero attached hydrogens (tertiary/aromatic N) is 4. The van der Waals surface area contributed by atoms with Crippen LogP contribution in [0.4, 0.5) is 0 Å². The lowest BCUT2D eigenvalue weighted by Crippen LogP contribution is -2.39. The summed E-state index contributed by atoms with van der Waals surface area (Å²) in [6.07, 6.45) is 6.60. The number of carbonyl (C=O) groups is 1. The molecular weight excluding hydrogens is 294 g/mol. The topological polar surface area (TPSA) is 72.2 Å². The van der Waals surface area contributed by atoms with E-state index in [1.165, 1.54) is 17.5 Å². The highest BCUT2D eigenvalue weighted by atomic mass is 16.2. The third kappa shape index (κ3) is 4.02. The number of hydrogen-bond donors (Lipinski definition) is 1. The number of aromatic nitrogens is 3. The second kappa shape index (κ2) is 7.29. The largest absolute Gasteiger partial charge is 0.353 e. The molecule has 0 aromatic carbocycles. The molecule has 128 valence electrons. The first-order chi connectivity index (χ1) is 11.2. The lowest BCUT2D eigenvalue weighted by molar-refractivity contribution is -0.121. The van der Waals surface area contributed by atoms with Gasteiger partial charge < -0.3 is 5.32 Å². The SMILES string of the molecule is CCN(CCNC(=O)Cn1nc2n(c1=O)CCCCC2)C1CC1. The third-order valence-electron chi connectivity index (χ3n) is 4.77. The van der Waals surface area contributed by atoms with E-state index < -0.39 is 0 Å². The summed E-state index contributed by atoms with van der Waals surface area (Å²) in [6, 6.07) is 0.711. The molecule has 1 aromatic rings. The van der Waals surface area contributed by atoms with Gasteiger partial charge in [0.15, 0.2) is 0 Å². The van der Waals surface area contributed by atoms with Crippen molar-refractivity contribution in [2.24, 2.45) is 0 Å². The van der Waals surface area contributed by atoms with E-state index in [1.807, 2.05) is 0 Å².